The quantitative estimate of drug-likeness (QED) is 0.125. The van der Waals surface area contributed by atoms with Crippen LogP contribution in [0, 0.1) is 0 Å². The molecule has 0 aliphatic rings. The second-order valence-corrected chi connectivity index (χ2v) is 13.8. The van der Waals surface area contributed by atoms with E-state index in [9.17, 15) is 9.59 Å². The zero-order valence-corrected chi connectivity index (χ0v) is 28.5. The van der Waals surface area contributed by atoms with Crippen molar-refractivity contribution in [2.45, 2.75) is 97.8 Å². The van der Waals surface area contributed by atoms with E-state index < -0.39 is 11.2 Å². The van der Waals surface area contributed by atoms with Crippen molar-refractivity contribution in [2.75, 3.05) is 39.3 Å². The molecule has 0 aliphatic carbocycles. The Morgan fingerprint density at radius 2 is 1.11 bits per heavy atom. The molecule has 8 heteroatoms. The number of unbranched alkanes of at least 4 members (excludes halogenated alkanes) is 3. The fourth-order valence-electron chi connectivity index (χ4n) is 5.33. The molecule has 0 heterocycles. The average molecular weight is 621 g/mol. The number of benzene rings is 3. The molecule has 3 aromatic carbocycles. The Kier molecular flexibility index (Phi) is 13.9. The summed E-state index contributed by atoms with van der Waals surface area (Å²) in [6.45, 7) is 16.1. The van der Waals surface area contributed by atoms with E-state index in [4.69, 9.17) is 15.2 Å². The first-order valence-corrected chi connectivity index (χ1v) is 16.6. The lowest BCUT2D eigenvalue weighted by atomic mass is 9.96. The summed E-state index contributed by atoms with van der Waals surface area (Å²) >= 11 is 0. The van der Waals surface area contributed by atoms with Crippen LogP contribution in [0.2, 0.25) is 0 Å². The van der Waals surface area contributed by atoms with Crippen molar-refractivity contribution in [1.29, 1.82) is 0 Å². The maximum atomic E-state index is 13.5. The fourth-order valence-corrected chi connectivity index (χ4v) is 5.33. The first-order valence-electron chi connectivity index (χ1n) is 16.6. The van der Waals surface area contributed by atoms with E-state index in [1.54, 1.807) is 0 Å². The second-order valence-electron chi connectivity index (χ2n) is 13.8. The standard InChI is InChI=1S/C37H56N4O4/c1-36(2,3)44-34(42)40(24-14-13-23-39-22-12-11-21-38)25-15-16-26-41(35(43)45-37(4,5)6)28-33-31-19-9-7-17-29(31)27-30-18-8-10-20-32(30)33/h7-10,17-20,27,39H,11-16,21-26,28,38H2,1-6H3. The molecular formula is C37H56N4O4. The summed E-state index contributed by atoms with van der Waals surface area (Å²) < 4.78 is 11.6. The molecule has 0 spiro atoms. The Morgan fingerprint density at radius 3 is 1.62 bits per heavy atom. The van der Waals surface area contributed by atoms with Gasteiger partial charge in [-0.1, -0.05) is 48.5 Å². The smallest absolute Gasteiger partial charge is 0.410 e. The normalized spacial score (nSPS) is 12.0. The number of nitrogens with zero attached hydrogens (tertiary/aromatic N) is 2. The van der Waals surface area contributed by atoms with Gasteiger partial charge >= 0.3 is 12.2 Å². The third-order valence-electron chi connectivity index (χ3n) is 7.48. The largest absolute Gasteiger partial charge is 0.444 e. The Balaban J connectivity index is 1.69. The molecule has 0 saturated carbocycles. The van der Waals surface area contributed by atoms with Crippen LogP contribution < -0.4 is 11.1 Å². The first kappa shape index (κ1) is 36.1. The van der Waals surface area contributed by atoms with Crippen molar-refractivity contribution < 1.29 is 19.1 Å². The predicted octanol–water partition coefficient (Wildman–Crippen LogP) is 7.86. The third-order valence-corrected chi connectivity index (χ3v) is 7.48. The minimum atomic E-state index is -0.608. The summed E-state index contributed by atoms with van der Waals surface area (Å²) in [6.07, 6.45) is 4.83. The molecule has 0 bridgehead atoms. The van der Waals surface area contributed by atoms with Crippen LogP contribution in [-0.2, 0) is 16.0 Å². The van der Waals surface area contributed by atoms with Gasteiger partial charge in [-0.25, -0.2) is 9.59 Å². The summed E-state index contributed by atoms with van der Waals surface area (Å²) in [5.74, 6) is 0. The molecule has 45 heavy (non-hydrogen) atoms. The van der Waals surface area contributed by atoms with Crippen molar-refractivity contribution in [3.63, 3.8) is 0 Å². The summed E-state index contributed by atoms with van der Waals surface area (Å²) in [7, 11) is 0. The van der Waals surface area contributed by atoms with Gasteiger partial charge in [0.2, 0.25) is 0 Å². The molecule has 0 saturated heterocycles. The molecule has 8 nitrogen and oxygen atoms in total. The minimum Gasteiger partial charge on any atom is -0.444 e. The van der Waals surface area contributed by atoms with E-state index in [1.807, 2.05) is 75.6 Å². The van der Waals surface area contributed by atoms with Crippen LogP contribution in [0.15, 0.2) is 54.6 Å². The lowest BCUT2D eigenvalue weighted by Gasteiger charge is -2.29. The van der Waals surface area contributed by atoms with E-state index in [2.05, 4.69) is 35.6 Å². The molecule has 3 N–H and O–H groups in total. The van der Waals surface area contributed by atoms with Crippen LogP contribution in [0.4, 0.5) is 9.59 Å². The Hall–Kier alpha value is -3.36. The molecule has 0 atom stereocenters. The number of carbonyl (C=O) groups excluding carboxylic acids is 2. The molecule has 0 aromatic heterocycles. The topological polar surface area (TPSA) is 97.1 Å². The number of nitrogens with two attached hydrogens (primary N) is 1. The van der Waals surface area contributed by atoms with E-state index in [1.165, 1.54) is 0 Å². The monoisotopic (exact) mass is 620 g/mol. The lowest BCUT2D eigenvalue weighted by Crippen LogP contribution is -2.39. The Bertz CT molecular complexity index is 1310. The predicted molar refractivity (Wildman–Crippen MR) is 186 cm³/mol. The minimum absolute atomic E-state index is 0.287. The molecule has 248 valence electrons. The van der Waals surface area contributed by atoms with Crippen LogP contribution in [0.3, 0.4) is 0 Å². The van der Waals surface area contributed by atoms with Gasteiger partial charge in [-0.05, 0) is 133 Å². The van der Waals surface area contributed by atoms with E-state index in [-0.39, 0.29) is 12.2 Å². The summed E-state index contributed by atoms with van der Waals surface area (Å²) in [4.78, 5) is 30.2. The van der Waals surface area contributed by atoms with Gasteiger partial charge in [-0.2, -0.15) is 0 Å². The fraction of sp³-hybridized carbons (Fsp3) is 0.568. The average Bonchev–Trinajstić information content (AvgIpc) is 2.96. The van der Waals surface area contributed by atoms with Crippen molar-refractivity contribution in [3.05, 3.63) is 60.2 Å². The molecular weight excluding hydrogens is 564 g/mol. The van der Waals surface area contributed by atoms with Crippen LogP contribution in [-0.4, -0.2) is 72.5 Å². The number of fused-ring (bicyclic) bond motifs is 2. The number of ether oxygens (including phenoxy) is 2. The number of rotatable bonds is 16. The van der Waals surface area contributed by atoms with Crippen LogP contribution in [0.25, 0.3) is 21.5 Å². The summed E-state index contributed by atoms with van der Waals surface area (Å²) in [6, 6.07) is 18.9. The van der Waals surface area contributed by atoms with Gasteiger partial charge in [0.1, 0.15) is 11.2 Å². The number of amides is 2. The van der Waals surface area contributed by atoms with Gasteiger partial charge in [0, 0.05) is 19.6 Å². The molecule has 3 rings (SSSR count). The van der Waals surface area contributed by atoms with Gasteiger partial charge in [0.25, 0.3) is 0 Å². The number of hydrogen-bond donors (Lipinski definition) is 2. The van der Waals surface area contributed by atoms with Gasteiger partial charge in [-0.15, -0.1) is 0 Å². The Labute approximate surface area is 270 Å². The van der Waals surface area contributed by atoms with E-state index >= 15 is 0 Å². The molecule has 0 fully saturated rings. The molecule has 0 unspecified atom stereocenters. The number of carbonyl (C=O) groups is 2. The highest BCUT2D eigenvalue weighted by molar-refractivity contribution is 6.02. The SMILES string of the molecule is CC(C)(C)OC(=O)N(CCCCNCCCCN)CCCCN(Cc1c2ccccc2cc2ccccc12)C(=O)OC(C)(C)C. The zero-order chi connectivity index (χ0) is 32.9. The zero-order valence-electron chi connectivity index (χ0n) is 28.5. The highest BCUT2D eigenvalue weighted by atomic mass is 16.6. The summed E-state index contributed by atoms with van der Waals surface area (Å²) in [5, 5.41) is 8.02. The van der Waals surface area contributed by atoms with Gasteiger partial charge in [0.05, 0.1) is 6.54 Å². The molecule has 0 radical (unpaired) electrons. The first-order chi connectivity index (χ1) is 21.4. The van der Waals surface area contributed by atoms with Gasteiger partial charge < -0.3 is 30.3 Å². The lowest BCUT2D eigenvalue weighted by molar-refractivity contribution is 0.0200. The molecule has 0 aliphatic heterocycles. The van der Waals surface area contributed by atoms with E-state index in [0.29, 0.717) is 26.2 Å². The van der Waals surface area contributed by atoms with Crippen molar-refractivity contribution in [1.82, 2.24) is 15.1 Å². The maximum absolute atomic E-state index is 13.5. The maximum Gasteiger partial charge on any atom is 0.410 e. The van der Waals surface area contributed by atoms with E-state index in [0.717, 1.165) is 85.3 Å². The third kappa shape index (κ3) is 12.5. The molecule has 3 aromatic rings. The Morgan fingerprint density at radius 1 is 0.667 bits per heavy atom. The van der Waals surface area contributed by atoms with Crippen molar-refractivity contribution in [2.24, 2.45) is 5.73 Å². The van der Waals surface area contributed by atoms with Crippen LogP contribution >= 0.6 is 0 Å². The van der Waals surface area contributed by atoms with Crippen LogP contribution in [0.5, 0.6) is 0 Å². The van der Waals surface area contributed by atoms with Crippen LogP contribution in [0.1, 0.15) is 85.6 Å². The van der Waals surface area contributed by atoms with Gasteiger partial charge in [0.15, 0.2) is 0 Å². The highest BCUT2D eigenvalue weighted by Crippen LogP contribution is 2.30. The summed E-state index contributed by atoms with van der Waals surface area (Å²) in [5.41, 5.74) is 5.52. The highest BCUT2D eigenvalue weighted by Gasteiger charge is 2.25. The van der Waals surface area contributed by atoms with Gasteiger partial charge in [-0.3, -0.25) is 0 Å². The number of nitrogens with one attached hydrogen (secondary N) is 1. The second kappa shape index (κ2) is 17.4. The molecule has 2 amide bonds. The van der Waals surface area contributed by atoms with Crippen molar-refractivity contribution in [3.8, 4) is 0 Å². The number of hydrogen-bond acceptors (Lipinski definition) is 6. The van der Waals surface area contributed by atoms with Crippen molar-refractivity contribution >= 4 is 33.7 Å².